The third-order valence-corrected chi connectivity index (χ3v) is 8.00. The lowest BCUT2D eigenvalue weighted by molar-refractivity contribution is -0.163. The van der Waals surface area contributed by atoms with E-state index in [-0.39, 0.29) is 47.4 Å². The lowest BCUT2D eigenvalue weighted by atomic mass is 9.79. The number of carbonyl (C=O) groups excluding carboxylic acids is 2. The number of hydrogen-bond acceptors (Lipinski definition) is 7. The third-order valence-electron chi connectivity index (χ3n) is 6.50. The van der Waals surface area contributed by atoms with Crippen LogP contribution in [0.2, 0.25) is 0 Å². The van der Waals surface area contributed by atoms with Crippen molar-refractivity contribution in [1.82, 2.24) is 15.1 Å². The molecule has 4 N–H and O–H groups in total. The number of nitrogens with zero attached hydrogens (tertiary/aromatic N) is 2. The van der Waals surface area contributed by atoms with E-state index in [1.807, 2.05) is 11.8 Å². The summed E-state index contributed by atoms with van der Waals surface area (Å²) < 4.78 is 0. The maximum atomic E-state index is 12.4. The first-order valence-corrected chi connectivity index (χ1v) is 10.3. The zero-order valence-corrected chi connectivity index (χ0v) is 16.8. The van der Waals surface area contributed by atoms with Gasteiger partial charge in [0, 0.05) is 22.6 Å². The van der Waals surface area contributed by atoms with Crippen LogP contribution in [0.3, 0.4) is 0 Å². The molecule has 7 atom stereocenters. The van der Waals surface area contributed by atoms with Crippen molar-refractivity contribution < 1.29 is 29.7 Å². The van der Waals surface area contributed by atoms with E-state index < -0.39 is 23.7 Å². The first kappa shape index (κ1) is 19.7. The number of thioether (sulfide) groups is 1. The Morgan fingerprint density at radius 1 is 1.43 bits per heavy atom. The van der Waals surface area contributed by atoms with Gasteiger partial charge in [-0.15, -0.1) is 11.8 Å². The van der Waals surface area contributed by atoms with E-state index in [9.17, 15) is 29.7 Å². The topological polar surface area (TPSA) is 130 Å². The number of fused-ring (bicyclic) bond motifs is 2. The molecule has 9 nitrogen and oxygen atoms in total. The summed E-state index contributed by atoms with van der Waals surface area (Å²) >= 11 is 1.41. The van der Waals surface area contributed by atoms with Crippen LogP contribution in [0.15, 0.2) is 10.6 Å². The number of hydrogen-bond donors (Lipinski definition) is 4. The Labute approximate surface area is 166 Å². The molecule has 2 amide bonds. The van der Waals surface area contributed by atoms with Gasteiger partial charge in [0.2, 0.25) is 11.8 Å². The van der Waals surface area contributed by atoms with Crippen LogP contribution in [-0.2, 0) is 14.4 Å². The summed E-state index contributed by atoms with van der Waals surface area (Å²) in [6, 6.07) is -0.683. The number of aliphatic carboxylic acids is 1. The fourth-order valence-corrected chi connectivity index (χ4v) is 6.61. The van der Waals surface area contributed by atoms with Crippen molar-refractivity contribution in [1.29, 1.82) is 0 Å². The van der Waals surface area contributed by atoms with Crippen molar-refractivity contribution in [3.63, 3.8) is 0 Å². The van der Waals surface area contributed by atoms with E-state index in [2.05, 4.69) is 5.32 Å². The molecule has 0 aliphatic carbocycles. The van der Waals surface area contributed by atoms with Crippen molar-refractivity contribution in [2.75, 3.05) is 13.2 Å². The average Bonchev–Trinajstić information content (AvgIpc) is 3.21. The van der Waals surface area contributed by atoms with E-state index in [4.69, 9.17) is 0 Å². The molecule has 0 saturated carbocycles. The minimum atomic E-state index is -1.15. The second-order valence-electron chi connectivity index (χ2n) is 8.34. The highest BCUT2D eigenvalue weighted by Gasteiger charge is 2.61. The fourth-order valence-electron chi connectivity index (χ4n) is 5.09. The molecule has 3 saturated heterocycles. The van der Waals surface area contributed by atoms with Gasteiger partial charge in [-0.25, -0.2) is 4.79 Å². The predicted molar refractivity (Wildman–Crippen MR) is 99.8 cm³/mol. The SMILES string of the molecule is CC(O)[C@H]1C(=O)N2C(C(=O)O)=C(SC3C[C@H]4C(=O)N[C@](C)(CO)N4C3)[C@H](C)[C@H]12. The Bertz CT molecular complexity index is 785. The second kappa shape index (κ2) is 6.45. The van der Waals surface area contributed by atoms with Crippen LogP contribution in [0.25, 0.3) is 0 Å². The first-order valence-electron chi connectivity index (χ1n) is 9.45. The highest BCUT2D eigenvalue weighted by Crippen LogP contribution is 2.52. The number of nitrogens with one attached hydrogen (secondary N) is 1. The van der Waals surface area contributed by atoms with Gasteiger partial charge in [0.05, 0.1) is 30.7 Å². The van der Waals surface area contributed by atoms with Crippen molar-refractivity contribution in [2.24, 2.45) is 11.8 Å². The minimum Gasteiger partial charge on any atom is -0.477 e. The standard InChI is InChI=1S/C18H25N3O6S/c1-7-12-11(8(2)23)16(25)21(12)13(17(26)27)14(7)28-9-4-10-15(24)19-18(3,6-22)20(10)5-9/h7-12,22-23H,4-6H2,1-3H3,(H,19,24)(H,26,27)/t7-,8?,9?,10+,11-,12-,18+/m1/s1. The van der Waals surface area contributed by atoms with Crippen LogP contribution in [0.1, 0.15) is 27.2 Å². The lowest BCUT2D eigenvalue weighted by Crippen LogP contribution is -2.63. The molecule has 4 aliphatic rings. The molecule has 2 unspecified atom stereocenters. The smallest absolute Gasteiger partial charge is 0.353 e. The molecule has 0 aromatic rings. The zero-order chi connectivity index (χ0) is 20.5. The van der Waals surface area contributed by atoms with E-state index >= 15 is 0 Å². The zero-order valence-electron chi connectivity index (χ0n) is 16.0. The summed E-state index contributed by atoms with van der Waals surface area (Å²) in [5.41, 5.74) is -0.802. The van der Waals surface area contributed by atoms with Gasteiger partial charge in [0.1, 0.15) is 11.4 Å². The molecule has 0 aromatic heterocycles. The Morgan fingerprint density at radius 2 is 2.11 bits per heavy atom. The molecule has 0 bridgehead atoms. The highest BCUT2D eigenvalue weighted by molar-refractivity contribution is 8.03. The van der Waals surface area contributed by atoms with Gasteiger partial charge < -0.3 is 25.5 Å². The van der Waals surface area contributed by atoms with Gasteiger partial charge in [-0.1, -0.05) is 6.92 Å². The van der Waals surface area contributed by atoms with Crippen molar-refractivity contribution in [3.05, 3.63) is 10.6 Å². The molecule has 0 radical (unpaired) electrons. The predicted octanol–water partition coefficient (Wildman–Crippen LogP) is -0.845. The molecule has 0 aromatic carbocycles. The molecular formula is C18H25N3O6S. The monoisotopic (exact) mass is 411 g/mol. The summed E-state index contributed by atoms with van der Waals surface area (Å²) in [4.78, 5) is 40.5. The summed E-state index contributed by atoms with van der Waals surface area (Å²) in [7, 11) is 0. The molecule has 28 heavy (non-hydrogen) atoms. The maximum Gasteiger partial charge on any atom is 0.353 e. The minimum absolute atomic E-state index is 0.00540. The molecular weight excluding hydrogens is 386 g/mol. The Balaban J connectivity index is 1.58. The Kier molecular flexibility index (Phi) is 4.53. The van der Waals surface area contributed by atoms with E-state index in [1.54, 1.807) is 13.8 Å². The van der Waals surface area contributed by atoms with Gasteiger partial charge in [0.15, 0.2) is 0 Å². The Morgan fingerprint density at radius 3 is 2.68 bits per heavy atom. The summed E-state index contributed by atoms with van der Waals surface area (Å²) in [6.07, 6.45) is -0.283. The van der Waals surface area contributed by atoms with Gasteiger partial charge in [-0.05, 0) is 20.3 Å². The van der Waals surface area contributed by atoms with Crippen LogP contribution in [0.5, 0.6) is 0 Å². The fraction of sp³-hybridized carbons (Fsp3) is 0.722. The molecule has 4 aliphatic heterocycles. The third kappa shape index (κ3) is 2.54. The number of rotatable bonds is 5. The van der Waals surface area contributed by atoms with Gasteiger partial charge in [-0.2, -0.15) is 0 Å². The first-order chi connectivity index (χ1) is 13.1. The maximum absolute atomic E-state index is 12.4. The normalized spacial score (nSPS) is 41.0. The summed E-state index contributed by atoms with van der Waals surface area (Å²) in [6.45, 7) is 5.55. The van der Waals surface area contributed by atoms with Gasteiger partial charge in [0.25, 0.3) is 0 Å². The summed E-state index contributed by atoms with van der Waals surface area (Å²) in [5, 5.41) is 32.1. The van der Waals surface area contributed by atoms with E-state index in [0.29, 0.717) is 17.9 Å². The number of aliphatic hydroxyl groups is 2. The molecule has 10 heteroatoms. The van der Waals surface area contributed by atoms with Crippen LogP contribution >= 0.6 is 11.8 Å². The van der Waals surface area contributed by atoms with Crippen LogP contribution in [0.4, 0.5) is 0 Å². The quantitative estimate of drug-likeness (QED) is 0.431. The number of carboxylic acid groups (broad SMARTS) is 1. The van der Waals surface area contributed by atoms with E-state index in [0.717, 1.165) is 0 Å². The van der Waals surface area contributed by atoms with Crippen LogP contribution in [-0.4, -0.2) is 85.2 Å². The molecule has 4 rings (SSSR count). The average molecular weight is 411 g/mol. The molecule has 4 heterocycles. The number of β-lactam (4-membered cyclic amide) rings is 1. The van der Waals surface area contributed by atoms with E-state index in [1.165, 1.54) is 16.7 Å². The Hall–Kier alpha value is -1.62. The number of aliphatic hydroxyl groups excluding tert-OH is 2. The highest BCUT2D eigenvalue weighted by atomic mass is 32.2. The van der Waals surface area contributed by atoms with Crippen molar-refractivity contribution in [3.8, 4) is 0 Å². The van der Waals surface area contributed by atoms with Gasteiger partial charge in [-0.3, -0.25) is 14.5 Å². The lowest BCUT2D eigenvalue weighted by Gasteiger charge is -2.46. The molecule has 154 valence electrons. The molecule has 0 spiro atoms. The number of carbonyl (C=O) groups is 3. The van der Waals surface area contributed by atoms with Crippen molar-refractivity contribution >= 4 is 29.5 Å². The molecule has 3 fully saturated rings. The van der Waals surface area contributed by atoms with Crippen molar-refractivity contribution in [2.45, 2.75) is 56.3 Å². The number of amides is 2. The van der Waals surface area contributed by atoms with Crippen LogP contribution in [0, 0.1) is 11.8 Å². The van der Waals surface area contributed by atoms with Gasteiger partial charge >= 0.3 is 5.97 Å². The second-order valence-corrected chi connectivity index (χ2v) is 9.68. The number of carboxylic acids is 1. The largest absolute Gasteiger partial charge is 0.477 e. The summed E-state index contributed by atoms with van der Waals surface area (Å²) in [5.74, 6) is -2.40. The van der Waals surface area contributed by atoms with Crippen LogP contribution < -0.4 is 5.32 Å².